The fourth-order valence-electron chi connectivity index (χ4n) is 3.91. The minimum Gasteiger partial charge on any atom is -0.383 e. The van der Waals surface area contributed by atoms with Crippen LogP contribution in [0.4, 0.5) is 17.1 Å². The van der Waals surface area contributed by atoms with Gasteiger partial charge in [-0.2, -0.15) is 0 Å². The third kappa shape index (κ3) is 2.36. The third-order valence-electron chi connectivity index (χ3n) is 5.46. The van der Waals surface area contributed by atoms with E-state index in [-0.39, 0.29) is 12.1 Å². The minimum atomic E-state index is -0.535. The van der Waals surface area contributed by atoms with E-state index in [0.717, 1.165) is 28.2 Å². The number of hydrogen-bond donors (Lipinski definition) is 1. The van der Waals surface area contributed by atoms with Crippen molar-refractivity contribution in [1.82, 2.24) is 4.98 Å². The molecule has 26 heavy (non-hydrogen) atoms. The van der Waals surface area contributed by atoms with Crippen LogP contribution < -0.4 is 15.1 Å². The van der Waals surface area contributed by atoms with Gasteiger partial charge in [-0.25, -0.2) is 0 Å². The molecular formula is C20H24N4O2. The first-order valence-electron chi connectivity index (χ1n) is 8.84. The van der Waals surface area contributed by atoms with Gasteiger partial charge in [-0.05, 0) is 49.2 Å². The predicted molar refractivity (Wildman–Crippen MR) is 103 cm³/mol. The van der Waals surface area contributed by atoms with E-state index in [4.69, 9.17) is 4.74 Å². The Bertz CT molecular complexity index is 850. The number of carbonyl (C=O) groups is 1. The molecule has 0 bridgehead atoms. The molecule has 1 atom stereocenters. The van der Waals surface area contributed by atoms with Crippen LogP contribution in [-0.4, -0.2) is 38.2 Å². The number of fused-ring (bicyclic) bond motifs is 2. The van der Waals surface area contributed by atoms with E-state index in [1.54, 1.807) is 7.11 Å². The molecule has 0 saturated carbocycles. The summed E-state index contributed by atoms with van der Waals surface area (Å²) in [6, 6.07) is 8.30. The molecule has 4 rings (SSSR count). The Morgan fingerprint density at radius 3 is 2.65 bits per heavy atom. The summed E-state index contributed by atoms with van der Waals surface area (Å²) in [4.78, 5) is 21.1. The summed E-state index contributed by atoms with van der Waals surface area (Å²) in [5, 5.41) is 3.58. The Morgan fingerprint density at radius 1 is 1.23 bits per heavy atom. The number of hydrogen-bond acceptors (Lipinski definition) is 5. The van der Waals surface area contributed by atoms with Crippen molar-refractivity contribution in [2.45, 2.75) is 25.4 Å². The van der Waals surface area contributed by atoms with Crippen LogP contribution in [0.2, 0.25) is 0 Å². The standard InChI is InChI=1S/C20H24N4O2/c1-20(2)14-11-15-17(12-16(14)24(19(20)25)9-10-26-4)23(3)18(22-15)13-5-7-21-8-6-13/h5-8,11-12,18,22H,9-10H2,1-4H3. The molecule has 2 aromatic rings. The maximum Gasteiger partial charge on any atom is 0.237 e. The summed E-state index contributed by atoms with van der Waals surface area (Å²) in [6.07, 6.45) is 3.67. The van der Waals surface area contributed by atoms with Crippen LogP contribution in [0.1, 0.15) is 31.1 Å². The number of benzene rings is 1. The fourth-order valence-corrected chi connectivity index (χ4v) is 3.91. The number of ether oxygens (including phenoxy) is 1. The van der Waals surface area contributed by atoms with E-state index in [1.165, 1.54) is 0 Å². The Morgan fingerprint density at radius 2 is 1.96 bits per heavy atom. The second kappa shape index (κ2) is 5.99. The fraction of sp³-hybridized carbons (Fsp3) is 0.400. The van der Waals surface area contributed by atoms with Crippen LogP contribution >= 0.6 is 0 Å². The van der Waals surface area contributed by atoms with Gasteiger partial charge in [0.05, 0.1) is 29.1 Å². The largest absolute Gasteiger partial charge is 0.383 e. The first-order valence-corrected chi connectivity index (χ1v) is 8.84. The number of aromatic nitrogens is 1. The van der Waals surface area contributed by atoms with Gasteiger partial charge in [0.2, 0.25) is 5.91 Å². The van der Waals surface area contributed by atoms with Gasteiger partial charge in [-0.1, -0.05) is 0 Å². The predicted octanol–water partition coefficient (Wildman–Crippen LogP) is 2.91. The van der Waals surface area contributed by atoms with Crippen molar-refractivity contribution < 1.29 is 9.53 Å². The van der Waals surface area contributed by atoms with E-state index in [2.05, 4.69) is 34.4 Å². The molecule has 1 N–H and O–H groups in total. The van der Waals surface area contributed by atoms with E-state index >= 15 is 0 Å². The minimum absolute atomic E-state index is 0.0572. The molecule has 0 aliphatic carbocycles. The van der Waals surface area contributed by atoms with E-state index in [0.29, 0.717) is 13.2 Å². The lowest BCUT2D eigenvalue weighted by molar-refractivity contribution is -0.122. The van der Waals surface area contributed by atoms with E-state index < -0.39 is 5.41 Å². The van der Waals surface area contributed by atoms with Crippen molar-refractivity contribution in [2.75, 3.05) is 42.4 Å². The van der Waals surface area contributed by atoms with Crippen molar-refractivity contribution in [3.05, 3.63) is 47.8 Å². The SMILES string of the molecule is COCCN1C(=O)C(C)(C)c2cc3c(cc21)N(C)C(c1ccncc1)N3. The summed E-state index contributed by atoms with van der Waals surface area (Å²) in [7, 11) is 3.73. The number of anilines is 3. The number of pyridine rings is 1. The first-order chi connectivity index (χ1) is 12.4. The average molecular weight is 352 g/mol. The van der Waals surface area contributed by atoms with Crippen LogP contribution in [0.5, 0.6) is 0 Å². The smallest absolute Gasteiger partial charge is 0.237 e. The lowest BCUT2D eigenvalue weighted by Gasteiger charge is -2.23. The third-order valence-corrected chi connectivity index (χ3v) is 5.46. The molecule has 0 saturated heterocycles. The van der Waals surface area contributed by atoms with Gasteiger partial charge in [-0.15, -0.1) is 0 Å². The molecule has 2 aliphatic rings. The highest BCUT2D eigenvalue weighted by Crippen LogP contribution is 2.49. The molecule has 0 fully saturated rings. The quantitative estimate of drug-likeness (QED) is 0.917. The zero-order chi connectivity index (χ0) is 18.5. The second-order valence-corrected chi connectivity index (χ2v) is 7.40. The Balaban J connectivity index is 1.75. The van der Waals surface area contributed by atoms with Crippen LogP contribution in [0, 0.1) is 0 Å². The van der Waals surface area contributed by atoms with Crippen molar-refractivity contribution in [3.8, 4) is 0 Å². The monoisotopic (exact) mass is 352 g/mol. The number of amides is 1. The molecule has 6 heteroatoms. The normalized spacial score (nSPS) is 20.2. The number of nitrogens with one attached hydrogen (secondary N) is 1. The lowest BCUT2D eigenvalue weighted by Crippen LogP contribution is -2.38. The molecule has 0 spiro atoms. The van der Waals surface area contributed by atoms with E-state index in [1.807, 2.05) is 43.3 Å². The van der Waals surface area contributed by atoms with E-state index in [9.17, 15) is 4.79 Å². The van der Waals surface area contributed by atoms with Crippen LogP contribution in [0.3, 0.4) is 0 Å². The van der Waals surface area contributed by atoms with Crippen LogP contribution in [-0.2, 0) is 14.9 Å². The summed E-state index contributed by atoms with van der Waals surface area (Å²) >= 11 is 0. The van der Waals surface area contributed by atoms with Crippen molar-refractivity contribution in [2.24, 2.45) is 0 Å². The highest BCUT2D eigenvalue weighted by molar-refractivity contribution is 6.09. The van der Waals surface area contributed by atoms with Crippen LogP contribution in [0.25, 0.3) is 0 Å². The first kappa shape index (κ1) is 16.8. The maximum atomic E-state index is 12.9. The highest BCUT2D eigenvalue weighted by Gasteiger charge is 2.45. The number of nitrogens with zero attached hydrogens (tertiary/aromatic N) is 3. The van der Waals surface area contributed by atoms with Gasteiger partial charge in [0.1, 0.15) is 6.17 Å². The molecule has 136 valence electrons. The van der Waals surface area contributed by atoms with Gasteiger partial charge in [0, 0.05) is 33.1 Å². The molecular weight excluding hydrogens is 328 g/mol. The lowest BCUT2D eigenvalue weighted by atomic mass is 9.86. The Labute approximate surface area is 153 Å². The zero-order valence-corrected chi connectivity index (χ0v) is 15.6. The van der Waals surface area contributed by atoms with Crippen molar-refractivity contribution >= 4 is 23.0 Å². The number of rotatable bonds is 4. The molecule has 1 amide bonds. The van der Waals surface area contributed by atoms with Crippen molar-refractivity contribution in [3.63, 3.8) is 0 Å². The molecule has 1 aromatic heterocycles. The molecule has 0 radical (unpaired) electrons. The maximum absolute atomic E-state index is 12.9. The molecule has 1 unspecified atom stereocenters. The Hall–Kier alpha value is -2.60. The van der Waals surface area contributed by atoms with Gasteiger partial charge in [0.25, 0.3) is 0 Å². The summed E-state index contributed by atoms with van der Waals surface area (Å²) in [6.45, 7) is 5.07. The van der Waals surface area contributed by atoms with Gasteiger partial charge in [0.15, 0.2) is 0 Å². The molecule has 1 aromatic carbocycles. The van der Waals surface area contributed by atoms with Gasteiger partial charge >= 0.3 is 0 Å². The zero-order valence-electron chi connectivity index (χ0n) is 15.6. The van der Waals surface area contributed by atoms with Crippen LogP contribution in [0.15, 0.2) is 36.7 Å². The summed E-state index contributed by atoms with van der Waals surface area (Å²) in [5.41, 5.74) is 4.83. The number of methoxy groups -OCH3 is 1. The second-order valence-electron chi connectivity index (χ2n) is 7.40. The number of carbonyl (C=O) groups excluding carboxylic acids is 1. The summed E-state index contributed by atoms with van der Waals surface area (Å²) < 4.78 is 5.20. The highest BCUT2D eigenvalue weighted by atomic mass is 16.5. The van der Waals surface area contributed by atoms with Gasteiger partial charge < -0.3 is 19.9 Å². The molecule has 3 heterocycles. The van der Waals surface area contributed by atoms with Gasteiger partial charge in [-0.3, -0.25) is 9.78 Å². The Kier molecular flexibility index (Phi) is 3.88. The average Bonchev–Trinajstić information content (AvgIpc) is 3.06. The summed E-state index contributed by atoms with van der Waals surface area (Å²) in [5.74, 6) is 0.126. The molecule has 2 aliphatic heterocycles. The molecule has 6 nitrogen and oxygen atoms in total. The topological polar surface area (TPSA) is 57.7 Å². The van der Waals surface area contributed by atoms with Crippen molar-refractivity contribution in [1.29, 1.82) is 0 Å².